The molecule has 0 amide bonds. The van der Waals surface area contributed by atoms with Gasteiger partial charge in [0.25, 0.3) is 5.56 Å². The van der Waals surface area contributed by atoms with Crippen molar-refractivity contribution in [1.82, 2.24) is 9.97 Å². The van der Waals surface area contributed by atoms with Gasteiger partial charge < -0.3 is 0 Å². The summed E-state index contributed by atoms with van der Waals surface area (Å²) in [6.45, 7) is 2.01. The Hall–Kier alpha value is -3.21. The van der Waals surface area contributed by atoms with Crippen LogP contribution in [-0.4, -0.2) is 16.2 Å². The number of rotatable bonds is 4. The van der Waals surface area contributed by atoms with E-state index in [9.17, 15) is 4.79 Å². The van der Waals surface area contributed by atoms with E-state index in [4.69, 9.17) is 0 Å². The molecule has 114 valence electrons. The van der Waals surface area contributed by atoms with E-state index in [1.54, 1.807) is 6.21 Å². The molecule has 0 atom stereocenters. The molecule has 0 saturated heterocycles. The zero-order valence-electron chi connectivity index (χ0n) is 12.7. The number of nitrogens with one attached hydrogen (secondary N) is 2. The predicted octanol–water partition coefficient (Wildman–Crippen LogP) is 3.19. The molecule has 1 aromatic heterocycles. The van der Waals surface area contributed by atoms with E-state index in [2.05, 4.69) is 20.5 Å². The highest BCUT2D eigenvalue weighted by Crippen LogP contribution is 2.15. The van der Waals surface area contributed by atoms with Crippen LogP contribution in [0.3, 0.4) is 0 Å². The lowest BCUT2D eigenvalue weighted by Gasteiger charge is -2.04. The molecule has 0 spiro atoms. The molecule has 2 N–H and O–H groups in total. The third-order valence-corrected chi connectivity index (χ3v) is 3.37. The molecule has 0 radical (unpaired) electrons. The van der Waals surface area contributed by atoms with Crippen molar-refractivity contribution >= 4 is 12.2 Å². The zero-order chi connectivity index (χ0) is 16.1. The van der Waals surface area contributed by atoms with Gasteiger partial charge in [0.2, 0.25) is 5.95 Å². The first-order valence-electron chi connectivity index (χ1n) is 7.24. The molecular formula is C18H16N4O. The molecule has 5 heteroatoms. The first-order chi connectivity index (χ1) is 11.2. The van der Waals surface area contributed by atoms with Crippen LogP contribution in [0.5, 0.6) is 0 Å². The van der Waals surface area contributed by atoms with Crippen molar-refractivity contribution in [3.05, 3.63) is 82.1 Å². The molecule has 3 rings (SSSR count). The van der Waals surface area contributed by atoms with Crippen LogP contribution in [0.4, 0.5) is 5.95 Å². The van der Waals surface area contributed by atoms with Crippen LogP contribution in [0.1, 0.15) is 11.1 Å². The molecule has 0 fully saturated rings. The number of aromatic nitrogens is 2. The molecule has 0 aliphatic rings. The van der Waals surface area contributed by atoms with Crippen LogP contribution in [0.15, 0.2) is 70.6 Å². The fraction of sp³-hybridized carbons (Fsp3) is 0.0556. The predicted molar refractivity (Wildman–Crippen MR) is 92.7 cm³/mol. The van der Waals surface area contributed by atoms with Gasteiger partial charge in [-0.2, -0.15) is 5.10 Å². The van der Waals surface area contributed by atoms with E-state index >= 15 is 0 Å². The average Bonchev–Trinajstić information content (AvgIpc) is 2.57. The Morgan fingerprint density at radius 3 is 2.61 bits per heavy atom. The number of anilines is 1. The summed E-state index contributed by atoms with van der Waals surface area (Å²) in [7, 11) is 0. The minimum atomic E-state index is -0.229. The standard InChI is InChI=1S/C18H16N4O/c1-13-7-5-6-10-15(13)12-19-22-18-20-16(11-17(23)21-18)14-8-3-2-4-9-14/h2-12H,1H3,(H2,20,21,22,23)/b19-12+. The number of hydrogen-bond donors (Lipinski definition) is 2. The second-order valence-corrected chi connectivity index (χ2v) is 5.07. The second kappa shape index (κ2) is 6.70. The van der Waals surface area contributed by atoms with E-state index in [0.29, 0.717) is 11.6 Å². The number of hydrazone groups is 1. The molecular weight excluding hydrogens is 288 g/mol. The topological polar surface area (TPSA) is 70.1 Å². The first kappa shape index (κ1) is 14.7. The third-order valence-electron chi connectivity index (χ3n) is 3.37. The Morgan fingerprint density at radius 2 is 1.83 bits per heavy atom. The fourth-order valence-corrected chi connectivity index (χ4v) is 2.16. The second-order valence-electron chi connectivity index (χ2n) is 5.07. The summed E-state index contributed by atoms with van der Waals surface area (Å²) in [5, 5.41) is 4.14. The molecule has 3 aromatic rings. The monoisotopic (exact) mass is 304 g/mol. The van der Waals surface area contributed by atoms with Gasteiger partial charge in [0.1, 0.15) is 0 Å². The third kappa shape index (κ3) is 3.71. The van der Waals surface area contributed by atoms with Gasteiger partial charge in [-0.3, -0.25) is 9.78 Å². The first-order valence-corrected chi connectivity index (χ1v) is 7.24. The zero-order valence-corrected chi connectivity index (χ0v) is 12.7. The lowest BCUT2D eigenvalue weighted by molar-refractivity contribution is 1.09. The summed E-state index contributed by atoms with van der Waals surface area (Å²) in [5.41, 5.74) is 6.15. The maximum absolute atomic E-state index is 11.8. The smallest absolute Gasteiger partial charge is 0.252 e. The normalized spacial score (nSPS) is 10.8. The summed E-state index contributed by atoms with van der Waals surface area (Å²) in [5.74, 6) is 0.307. The molecule has 0 aliphatic heterocycles. The molecule has 2 aromatic carbocycles. The summed E-state index contributed by atoms with van der Waals surface area (Å²) in [6, 6.07) is 18.9. The van der Waals surface area contributed by atoms with Gasteiger partial charge in [-0.15, -0.1) is 0 Å². The number of benzene rings is 2. The van der Waals surface area contributed by atoms with Crippen molar-refractivity contribution in [2.45, 2.75) is 6.92 Å². The van der Waals surface area contributed by atoms with Crippen LogP contribution >= 0.6 is 0 Å². The highest BCUT2D eigenvalue weighted by molar-refractivity contribution is 5.81. The Labute approximate surface area is 133 Å². The molecule has 0 bridgehead atoms. The maximum Gasteiger partial charge on any atom is 0.252 e. The van der Waals surface area contributed by atoms with Crippen molar-refractivity contribution in [2.24, 2.45) is 5.10 Å². The summed E-state index contributed by atoms with van der Waals surface area (Å²) in [4.78, 5) is 18.8. The number of aromatic amines is 1. The number of aryl methyl sites for hydroxylation is 1. The van der Waals surface area contributed by atoms with Gasteiger partial charge in [0.15, 0.2) is 0 Å². The molecule has 0 saturated carbocycles. The van der Waals surface area contributed by atoms with E-state index in [1.807, 2.05) is 61.5 Å². The number of H-pyrrole nitrogens is 1. The van der Waals surface area contributed by atoms with Crippen molar-refractivity contribution in [3.63, 3.8) is 0 Å². The van der Waals surface area contributed by atoms with Crippen LogP contribution in [0, 0.1) is 6.92 Å². The Kier molecular flexibility index (Phi) is 4.29. The van der Waals surface area contributed by atoms with Crippen LogP contribution < -0.4 is 11.0 Å². The minimum Gasteiger partial charge on any atom is -0.291 e. The van der Waals surface area contributed by atoms with Gasteiger partial charge in [-0.05, 0) is 18.1 Å². The van der Waals surface area contributed by atoms with Gasteiger partial charge >= 0.3 is 0 Å². The van der Waals surface area contributed by atoms with Crippen molar-refractivity contribution in [1.29, 1.82) is 0 Å². The van der Waals surface area contributed by atoms with Gasteiger partial charge in [0, 0.05) is 11.6 Å². The molecule has 5 nitrogen and oxygen atoms in total. The summed E-state index contributed by atoms with van der Waals surface area (Å²) in [6.07, 6.45) is 1.70. The van der Waals surface area contributed by atoms with E-state index in [0.717, 1.165) is 16.7 Å². The Balaban J connectivity index is 1.83. The van der Waals surface area contributed by atoms with Gasteiger partial charge in [-0.25, -0.2) is 10.4 Å². The Bertz CT molecular complexity index is 885. The molecule has 1 heterocycles. The SMILES string of the molecule is Cc1ccccc1/C=N/Nc1nc(-c2ccccc2)cc(=O)[nH]1. The summed E-state index contributed by atoms with van der Waals surface area (Å²) < 4.78 is 0. The van der Waals surface area contributed by atoms with Crippen LogP contribution in [0.25, 0.3) is 11.3 Å². The average molecular weight is 304 g/mol. The van der Waals surface area contributed by atoms with E-state index in [-0.39, 0.29) is 5.56 Å². The van der Waals surface area contributed by atoms with Gasteiger partial charge in [-0.1, -0.05) is 54.6 Å². The quantitative estimate of drug-likeness (QED) is 0.574. The summed E-state index contributed by atoms with van der Waals surface area (Å²) >= 11 is 0. The maximum atomic E-state index is 11.8. The molecule has 0 unspecified atom stereocenters. The van der Waals surface area contributed by atoms with Crippen molar-refractivity contribution in [2.75, 3.05) is 5.43 Å². The lowest BCUT2D eigenvalue weighted by Crippen LogP contribution is -2.10. The lowest BCUT2D eigenvalue weighted by atomic mass is 10.1. The number of hydrogen-bond acceptors (Lipinski definition) is 4. The van der Waals surface area contributed by atoms with E-state index < -0.39 is 0 Å². The highest BCUT2D eigenvalue weighted by atomic mass is 16.1. The highest BCUT2D eigenvalue weighted by Gasteiger charge is 2.02. The molecule has 0 aliphatic carbocycles. The van der Waals surface area contributed by atoms with E-state index in [1.165, 1.54) is 6.07 Å². The largest absolute Gasteiger partial charge is 0.291 e. The fourth-order valence-electron chi connectivity index (χ4n) is 2.16. The van der Waals surface area contributed by atoms with Crippen LogP contribution in [0.2, 0.25) is 0 Å². The van der Waals surface area contributed by atoms with Gasteiger partial charge in [0.05, 0.1) is 11.9 Å². The number of nitrogens with zero attached hydrogens (tertiary/aromatic N) is 2. The minimum absolute atomic E-state index is 0.229. The van der Waals surface area contributed by atoms with Crippen molar-refractivity contribution in [3.8, 4) is 11.3 Å². The van der Waals surface area contributed by atoms with Crippen LogP contribution in [-0.2, 0) is 0 Å². The van der Waals surface area contributed by atoms with Crippen molar-refractivity contribution < 1.29 is 0 Å². The Morgan fingerprint density at radius 1 is 1.09 bits per heavy atom. The molecule has 23 heavy (non-hydrogen) atoms.